The molecule has 0 spiro atoms. The van der Waals surface area contributed by atoms with Crippen molar-refractivity contribution >= 4 is 5.97 Å². The zero-order valence-corrected chi connectivity index (χ0v) is 7.68. The lowest BCUT2D eigenvalue weighted by Crippen LogP contribution is -2.23. The highest BCUT2D eigenvalue weighted by Gasteiger charge is 2.14. The van der Waals surface area contributed by atoms with Crippen LogP contribution in [0.5, 0.6) is 0 Å². The fourth-order valence-electron chi connectivity index (χ4n) is 0.597. The SMILES string of the molecule is CC=CCC(=O)OC(C)(C)C. The molecule has 0 bridgehead atoms. The largest absolute Gasteiger partial charge is 0.460 e. The van der Waals surface area contributed by atoms with Crippen molar-refractivity contribution in [2.24, 2.45) is 0 Å². The predicted molar refractivity (Wildman–Crippen MR) is 45.3 cm³/mol. The quantitative estimate of drug-likeness (QED) is 0.453. The molecular formula is C9H16O2. The molecule has 2 heteroatoms. The minimum Gasteiger partial charge on any atom is -0.460 e. The van der Waals surface area contributed by atoms with Crippen molar-refractivity contribution in [1.29, 1.82) is 0 Å². The van der Waals surface area contributed by atoms with Crippen LogP contribution in [0.1, 0.15) is 34.1 Å². The monoisotopic (exact) mass is 156 g/mol. The van der Waals surface area contributed by atoms with Crippen LogP contribution in [0, 0.1) is 0 Å². The molecule has 0 amide bonds. The van der Waals surface area contributed by atoms with E-state index in [1.807, 2.05) is 33.8 Å². The highest BCUT2D eigenvalue weighted by molar-refractivity contribution is 5.71. The summed E-state index contributed by atoms with van der Waals surface area (Å²) in [5, 5.41) is 0. The summed E-state index contributed by atoms with van der Waals surface area (Å²) >= 11 is 0. The second-order valence-corrected chi connectivity index (χ2v) is 3.36. The van der Waals surface area contributed by atoms with E-state index in [2.05, 4.69) is 0 Å². The summed E-state index contributed by atoms with van der Waals surface area (Å²) in [6.45, 7) is 7.46. The van der Waals surface area contributed by atoms with E-state index in [4.69, 9.17) is 4.74 Å². The van der Waals surface area contributed by atoms with E-state index in [-0.39, 0.29) is 11.6 Å². The molecule has 0 saturated heterocycles. The summed E-state index contributed by atoms with van der Waals surface area (Å²) in [6, 6.07) is 0. The lowest BCUT2D eigenvalue weighted by atomic mass is 10.2. The molecule has 0 fully saturated rings. The molecule has 0 atom stereocenters. The van der Waals surface area contributed by atoms with Gasteiger partial charge in [0.05, 0.1) is 6.42 Å². The van der Waals surface area contributed by atoms with Crippen molar-refractivity contribution < 1.29 is 9.53 Å². The van der Waals surface area contributed by atoms with Crippen molar-refractivity contribution in [2.45, 2.75) is 39.7 Å². The summed E-state index contributed by atoms with van der Waals surface area (Å²) in [7, 11) is 0. The molecule has 11 heavy (non-hydrogen) atoms. The van der Waals surface area contributed by atoms with Gasteiger partial charge in [0, 0.05) is 0 Å². The van der Waals surface area contributed by atoms with Gasteiger partial charge in [-0.05, 0) is 27.7 Å². The second-order valence-electron chi connectivity index (χ2n) is 3.36. The van der Waals surface area contributed by atoms with E-state index in [1.54, 1.807) is 6.08 Å². The molecule has 0 aromatic carbocycles. The van der Waals surface area contributed by atoms with Gasteiger partial charge in [0.2, 0.25) is 0 Å². The van der Waals surface area contributed by atoms with Crippen LogP contribution in [0.4, 0.5) is 0 Å². The van der Waals surface area contributed by atoms with Crippen LogP contribution in [0.25, 0.3) is 0 Å². The minimum atomic E-state index is -0.362. The number of ether oxygens (including phenoxy) is 1. The Morgan fingerprint density at radius 3 is 2.36 bits per heavy atom. The van der Waals surface area contributed by atoms with Crippen LogP contribution >= 0.6 is 0 Å². The Bertz CT molecular complexity index is 151. The van der Waals surface area contributed by atoms with Crippen LogP contribution in [-0.2, 0) is 9.53 Å². The number of hydrogen-bond acceptors (Lipinski definition) is 2. The summed E-state index contributed by atoms with van der Waals surface area (Å²) < 4.78 is 5.05. The molecule has 0 radical (unpaired) electrons. The highest BCUT2D eigenvalue weighted by atomic mass is 16.6. The first-order valence-corrected chi connectivity index (χ1v) is 3.78. The molecule has 0 N–H and O–H groups in total. The third-order valence-electron chi connectivity index (χ3n) is 0.940. The Kier molecular flexibility index (Phi) is 3.86. The topological polar surface area (TPSA) is 26.3 Å². The first-order chi connectivity index (χ1) is 4.95. The van der Waals surface area contributed by atoms with Gasteiger partial charge < -0.3 is 4.74 Å². The van der Waals surface area contributed by atoms with Crippen LogP contribution in [0.3, 0.4) is 0 Å². The molecule has 0 saturated carbocycles. The van der Waals surface area contributed by atoms with Crippen molar-refractivity contribution in [3.8, 4) is 0 Å². The number of allylic oxidation sites excluding steroid dienone is 1. The van der Waals surface area contributed by atoms with Crippen LogP contribution in [-0.4, -0.2) is 11.6 Å². The number of carbonyl (C=O) groups is 1. The Morgan fingerprint density at radius 1 is 1.45 bits per heavy atom. The molecule has 0 aromatic rings. The smallest absolute Gasteiger partial charge is 0.310 e. The molecule has 0 aromatic heterocycles. The van der Waals surface area contributed by atoms with Crippen molar-refractivity contribution in [3.05, 3.63) is 12.2 Å². The third kappa shape index (κ3) is 7.10. The molecule has 0 aliphatic rings. The highest BCUT2D eigenvalue weighted by Crippen LogP contribution is 2.07. The summed E-state index contributed by atoms with van der Waals surface area (Å²) in [5.41, 5.74) is -0.362. The van der Waals surface area contributed by atoms with Gasteiger partial charge in [-0.1, -0.05) is 12.2 Å². The Morgan fingerprint density at radius 2 is 2.00 bits per heavy atom. The van der Waals surface area contributed by atoms with Gasteiger partial charge in [-0.25, -0.2) is 0 Å². The normalized spacial score (nSPS) is 12.0. The maximum atomic E-state index is 10.9. The van der Waals surface area contributed by atoms with Crippen molar-refractivity contribution in [2.75, 3.05) is 0 Å². The average molecular weight is 156 g/mol. The second kappa shape index (κ2) is 4.16. The predicted octanol–water partition coefficient (Wildman–Crippen LogP) is 2.29. The molecular weight excluding hydrogens is 140 g/mol. The number of hydrogen-bond donors (Lipinski definition) is 0. The molecule has 0 unspecified atom stereocenters. The van der Waals surface area contributed by atoms with Crippen LogP contribution < -0.4 is 0 Å². The first kappa shape index (κ1) is 10.2. The lowest BCUT2D eigenvalue weighted by Gasteiger charge is -2.18. The zero-order valence-electron chi connectivity index (χ0n) is 7.68. The Hall–Kier alpha value is -0.790. The van der Waals surface area contributed by atoms with E-state index in [0.29, 0.717) is 6.42 Å². The minimum absolute atomic E-state index is 0.171. The van der Waals surface area contributed by atoms with Gasteiger partial charge in [0.1, 0.15) is 5.60 Å². The van der Waals surface area contributed by atoms with Gasteiger partial charge in [-0.3, -0.25) is 4.79 Å². The van der Waals surface area contributed by atoms with E-state index < -0.39 is 0 Å². The standard InChI is InChI=1S/C9H16O2/c1-5-6-7-8(10)11-9(2,3)4/h5-6H,7H2,1-4H3. The van der Waals surface area contributed by atoms with Crippen LogP contribution in [0.2, 0.25) is 0 Å². The van der Waals surface area contributed by atoms with Gasteiger partial charge in [0.15, 0.2) is 0 Å². The van der Waals surface area contributed by atoms with E-state index >= 15 is 0 Å². The fourth-order valence-corrected chi connectivity index (χ4v) is 0.597. The summed E-state index contributed by atoms with van der Waals surface area (Å²) in [4.78, 5) is 10.9. The number of rotatable bonds is 2. The van der Waals surface area contributed by atoms with Gasteiger partial charge >= 0.3 is 5.97 Å². The number of carbonyl (C=O) groups excluding carboxylic acids is 1. The zero-order chi connectivity index (χ0) is 8.91. The molecule has 0 heterocycles. The van der Waals surface area contributed by atoms with E-state index in [9.17, 15) is 4.79 Å². The summed E-state index contributed by atoms with van der Waals surface area (Å²) in [6.07, 6.45) is 3.99. The maximum absolute atomic E-state index is 10.9. The van der Waals surface area contributed by atoms with Crippen molar-refractivity contribution in [3.63, 3.8) is 0 Å². The lowest BCUT2D eigenvalue weighted by molar-refractivity contribution is -0.153. The van der Waals surface area contributed by atoms with Gasteiger partial charge in [-0.15, -0.1) is 0 Å². The first-order valence-electron chi connectivity index (χ1n) is 3.78. The van der Waals surface area contributed by atoms with Gasteiger partial charge in [0.25, 0.3) is 0 Å². The Labute approximate surface area is 68.2 Å². The number of esters is 1. The van der Waals surface area contributed by atoms with Gasteiger partial charge in [-0.2, -0.15) is 0 Å². The van der Waals surface area contributed by atoms with Crippen LogP contribution in [0.15, 0.2) is 12.2 Å². The van der Waals surface area contributed by atoms with Crippen molar-refractivity contribution in [1.82, 2.24) is 0 Å². The fraction of sp³-hybridized carbons (Fsp3) is 0.667. The summed E-state index contributed by atoms with van der Waals surface area (Å²) in [5.74, 6) is -0.171. The molecule has 0 aliphatic carbocycles. The van der Waals surface area contributed by atoms with E-state index in [0.717, 1.165) is 0 Å². The molecule has 0 rings (SSSR count). The third-order valence-corrected chi connectivity index (χ3v) is 0.940. The molecule has 0 aliphatic heterocycles. The Balaban J connectivity index is 3.70. The maximum Gasteiger partial charge on any atom is 0.310 e. The van der Waals surface area contributed by atoms with E-state index in [1.165, 1.54) is 0 Å². The average Bonchev–Trinajstić information content (AvgIpc) is 1.79. The molecule has 2 nitrogen and oxygen atoms in total. The molecule has 64 valence electrons.